The Kier molecular flexibility index (Phi) is 5.85. The van der Waals surface area contributed by atoms with Crippen LogP contribution in [0.25, 0.3) is 11.4 Å². The van der Waals surface area contributed by atoms with Crippen LogP contribution in [0.15, 0.2) is 66.0 Å². The second kappa shape index (κ2) is 8.87. The van der Waals surface area contributed by atoms with Crippen molar-refractivity contribution in [2.45, 2.75) is 19.5 Å². The maximum Gasteiger partial charge on any atom is 0.244 e. The Balaban J connectivity index is 1.49. The number of tetrazole rings is 1. The summed E-state index contributed by atoms with van der Waals surface area (Å²) in [6, 6.07) is 19.3. The van der Waals surface area contributed by atoms with Gasteiger partial charge >= 0.3 is 0 Å². The second-order valence-corrected chi connectivity index (χ2v) is 7.78. The van der Waals surface area contributed by atoms with Crippen LogP contribution in [-0.2, 0) is 11.3 Å². The van der Waals surface area contributed by atoms with Crippen LogP contribution in [0.1, 0.15) is 22.0 Å². The molecular weight excluding hydrogens is 398 g/mol. The highest BCUT2D eigenvalue weighted by Gasteiger charge is 2.19. The van der Waals surface area contributed by atoms with Gasteiger partial charge in [0.25, 0.3) is 0 Å². The van der Waals surface area contributed by atoms with E-state index in [1.807, 2.05) is 73.0 Å². The number of methoxy groups -OCH3 is 1. The van der Waals surface area contributed by atoms with Crippen LogP contribution < -0.4 is 10.1 Å². The predicted octanol–water partition coefficient (Wildman–Crippen LogP) is 3.62. The average molecular weight is 420 g/mol. The van der Waals surface area contributed by atoms with Crippen molar-refractivity contribution < 1.29 is 9.53 Å². The van der Waals surface area contributed by atoms with Crippen LogP contribution in [0.2, 0.25) is 0 Å². The number of aryl methyl sites for hydroxylation is 1. The van der Waals surface area contributed by atoms with Gasteiger partial charge in [-0.1, -0.05) is 48.0 Å². The first-order chi connectivity index (χ1) is 14.6. The maximum atomic E-state index is 12.7. The monoisotopic (exact) mass is 419 g/mol. The molecule has 152 valence electrons. The third kappa shape index (κ3) is 4.55. The number of amides is 1. The molecule has 4 rings (SSSR count). The van der Waals surface area contributed by atoms with Crippen LogP contribution in [0.3, 0.4) is 0 Å². The van der Waals surface area contributed by atoms with E-state index in [0.717, 1.165) is 16.0 Å². The lowest BCUT2D eigenvalue weighted by Crippen LogP contribution is -2.32. The van der Waals surface area contributed by atoms with E-state index in [9.17, 15) is 4.79 Å². The Morgan fingerprint density at radius 1 is 1.17 bits per heavy atom. The molecule has 0 unspecified atom stereocenters. The Hall–Kier alpha value is -3.52. The Bertz CT molecular complexity index is 1120. The first-order valence-corrected chi connectivity index (χ1v) is 10.3. The number of aromatic nitrogens is 4. The topological polar surface area (TPSA) is 81.9 Å². The Morgan fingerprint density at radius 2 is 2.00 bits per heavy atom. The molecule has 0 saturated heterocycles. The van der Waals surface area contributed by atoms with E-state index in [1.165, 1.54) is 10.4 Å². The van der Waals surface area contributed by atoms with Gasteiger partial charge in [0.05, 0.1) is 13.2 Å². The smallest absolute Gasteiger partial charge is 0.244 e. The minimum Gasteiger partial charge on any atom is -0.497 e. The quantitative estimate of drug-likeness (QED) is 0.495. The molecule has 0 aliphatic heterocycles. The number of thiophene rings is 1. The molecule has 2 heterocycles. The molecule has 7 nitrogen and oxygen atoms in total. The highest BCUT2D eigenvalue weighted by molar-refractivity contribution is 7.10. The van der Waals surface area contributed by atoms with Gasteiger partial charge in [-0.25, -0.2) is 0 Å². The predicted molar refractivity (Wildman–Crippen MR) is 115 cm³/mol. The van der Waals surface area contributed by atoms with Gasteiger partial charge in [-0.15, -0.1) is 21.5 Å². The fourth-order valence-electron chi connectivity index (χ4n) is 3.06. The van der Waals surface area contributed by atoms with E-state index >= 15 is 0 Å². The zero-order chi connectivity index (χ0) is 20.9. The molecule has 0 aliphatic carbocycles. The lowest BCUT2D eigenvalue weighted by atomic mass is 10.0. The molecule has 2 aromatic heterocycles. The number of hydrogen-bond acceptors (Lipinski definition) is 6. The van der Waals surface area contributed by atoms with Gasteiger partial charge in [-0.2, -0.15) is 4.80 Å². The largest absolute Gasteiger partial charge is 0.497 e. The molecule has 0 saturated carbocycles. The summed E-state index contributed by atoms with van der Waals surface area (Å²) in [4.78, 5) is 15.1. The molecule has 0 radical (unpaired) electrons. The van der Waals surface area contributed by atoms with Gasteiger partial charge in [-0.05, 0) is 41.3 Å². The molecule has 0 bridgehead atoms. The lowest BCUT2D eigenvalue weighted by Gasteiger charge is -2.18. The summed E-state index contributed by atoms with van der Waals surface area (Å²) < 4.78 is 5.23. The summed E-state index contributed by atoms with van der Waals surface area (Å²) in [5, 5.41) is 17.5. The summed E-state index contributed by atoms with van der Waals surface area (Å²) in [5.74, 6) is 0.956. The van der Waals surface area contributed by atoms with Gasteiger partial charge < -0.3 is 10.1 Å². The number of hydrogen-bond donors (Lipinski definition) is 1. The summed E-state index contributed by atoms with van der Waals surface area (Å²) in [6.07, 6.45) is 0. The molecule has 2 aromatic carbocycles. The second-order valence-electron chi connectivity index (χ2n) is 6.80. The standard InChI is InChI=1S/C22H21N5O2S/c1-15-8-10-16(11-9-15)21(19-7-4-12-30-19)23-20(28)14-27-25-22(24-26-27)17-5-3-6-18(13-17)29-2/h3-13,21H,14H2,1-2H3,(H,23,28)/t21-/m0/s1. The van der Waals surface area contributed by atoms with E-state index in [2.05, 4.69) is 20.7 Å². The minimum absolute atomic E-state index is 0.0231. The zero-order valence-corrected chi connectivity index (χ0v) is 17.5. The summed E-state index contributed by atoms with van der Waals surface area (Å²) >= 11 is 1.61. The van der Waals surface area contributed by atoms with Gasteiger partial charge in [-0.3, -0.25) is 4.79 Å². The number of benzene rings is 2. The van der Waals surface area contributed by atoms with Crippen molar-refractivity contribution in [2.75, 3.05) is 7.11 Å². The third-order valence-electron chi connectivity index (χ3n) is 4.61. The van der Waals surface area contributed by atoms with Crippen molar-refractivity contribution in [2.24, 2.45) is 0 Å². The van der Waals surface area contributed by atoms with Crippen LogP contribution in [0.4, 0.5) is 0 Å². The Labute approximate surface area is 178 Å². The van der Waals surface area contributed by atoms with Crippen molar-refractivity contribution in [1.29, 1.82) is 0 Å². The molecule has 4 aromatic rings. The van der Waals surface area contributed by atoms with E-state index in [4.69, 9.17) is 4.74 Å². The molecule has 8 heteroatoms. The first kappa shape index (κ1) is 19.8. The summed E-state index contributed by atoms with van der Waals surface area (Å²) in [7, 11) is 1.60. The summed E-state index contributed by atoms with van der Waals surface area (Å²) in [5.41, 5.74) is 2.98. The number of carbonyl (C=O) groups excluding carboxylic acids is 1. The molecule has 0 aliphatic rings. The first-order valence-electron chi connectivity index (χ1n) is 9.44. The highest BCUT2D eigenvalue weighted by Crippen LogP contribution is 2.26. The molecule has 0 fully saturated rings. The number of nitrogens with zero attached hydrogens (tertiary/aromatic N) is 4. The van der Waals surface area contributed by atoms with E-state index < -0.39 is 0 Å². The fourth-order valence-corrected chi connectivity index (χ4v) is 3.86. The normalized spacial score (nSPS) is 11.8. The van der Waals surface area contributed by atoms with Crippen LogP contribution in [-0.4, -0.2) is 33.2 Å². The third-order valence-corrected chi connectivity index (χ3v) is 5.55. The van der Waals surface area contributed by atoms with E-state index in [-0.39, 0.29) is 18.5 Å². The number of nitrogens with one attached hydrogen (secondary N) is 1. The molecule has 30 heavy (non-hydrogen) atoms. The molecule has 1 atom stereocenters. The maximum absolute atomic E-state index is 12.7. The minimum atomic E-state index is -0.223. The molecule has 1 N–H and O–H groups in total. The van der Waals surface area contributed by atoms with Crippen molar-refractivity contribution in [3.63, 3.8) is 0 Å². The lowest BCUT2D eigenvalue weighted by molar-refractivity contribution is -0.122. The molecular formula is C22H21N5O2S. The van der Waals surface area contributed by atoms with Crippen LogP contribution in [0.5, 0.6) is 5.75 Å². The van der Waals surface area contributed by atoms with Crippen molar-refractivity contribution in [3.8, 4) is 17.1 Å². The van der Waals surface area contributed by atoms with Crippen LogP contribution >= 0.6 is 11.3 Å². The van der Waals surface area contributed by atoms with Crippen LogP contribution in [0, 0.1) is 6.92 Å². The average Bonchev–Trinajstić information content (AvgIpc) is 3.45. The van der Waals surface area contributed by atoms with Gasteiger partial charge in [0.1, 0.15) is 12.3 Å². The van der Waals surface area contributed by atoms with E-state index in [1.54, 1.807) is 18.4 Å². The molecule has 1 amide bonds. The highest BCUT2D eigenvalue weighted by atomic mass is 32.1. The van der Waals surface area contributed by atoms with Gasteiger partial charge in [0, 0.05) is 10.4 Å². The van der Waals surface area contributed by atoms with E-state index in [0.29, 0.717) is 11.6 Å². The zero-order valence-electron chi connectivity index (χ0n) is 16.6. The SMILES string of the molecule is COc1cccc(-c2nnn(CC(=O)N[C@@H](c3ccc(C)cc3)c3cccs3)n2)c1. The van der Waals surface area contributed by atoms with Gasteiger partial charge in [0.2, 0.25) is 11.7 Å². The fraction of sp³-hybridized carbons (Fsp3) is 0.182. The van der Waals surface area contributed by atoms with Crippen molar-refractivity contribution in [3.05, 3.63) is 82.0 Å². The Morgan fingerprint density at radius 3 is 2.73 bits per heavy atom. The number of carbonyl (C=O) groups is 1. The molecule has 0 spiro atoms. The summed E-state index contributed by atoms with van der Waals surface area (Å²) in [6.45, 7) is 2.02. The number of rotatable bonds is 7. The van der Waals surface area contributed by atoms with Crippen molar-refractivity contribution in [1.82, 2.24) is 25.5 Å². The van der Waals surface area contributed by atoms with Gasteiger partial charge in [0.15, 0.2) is 0 Å². The van der Waals surface area contributed by atoms with Crippen molar-refractivity contribution >= 4 is 17.2 Å². The number of ether oxygens (including phenoxy) is 1.